The lowest BCUT2D eigenvalue weighted by molar-refractivity contribution is -0.246. The summed E-state index contributed by atoms with van der Waals surface area (Å²) in [6.07, 6.45) is 13.4. The number of aliphatic hydroxyl groups is 1. The fourth-order valence-corrected chi connectivity index (χ4v) is 11.5. The average Bonchev–Trinajstić information content (AvgIpc) is 3.04. The monoisotopic (exact) mass is 426 g/mol. The molecule has 0 saturated heterocycles. The van der Waals surface area contributed by atoms with Gasteiger partial charge in [-0.2, -0.15) is 0 Å². The van der Waals surface area contributed by atoms with Gasteiger partial charge in [-0.3, -0.25) is 0 Å². The van der Waals surface area contributed by atoms with Crippen molar-refractivity contribution in [2.75, 3.05) is 0 Å². The first-order valence-corrected chi connectivity index (χ1v) is 13.6. The van der Waals surface area contributed by atoms with Crippen LogP contribution >= 0.6 is 0 Å². The predicted molar refractivity (Wildman–Crippen MR) is 131 cm³/mol. The van der Waals surface area contributed by atoms with Crippen molar-refractivity contribution in [2.45, 2.75) is 119 Å². The molecule has 10 atom stereocenters. The van der Waals surface area contributed by atoms with E-state index >= 15 is 0 Å². The normalized spacial score (nSPS) is 57.9. The van der Waals surface area contributed by atoms with Crippen LogP contribution in [0, 0.1) is 56.7 Å². The van der Waals surface area contributed by atoms with Gasteiger partial charge in [0, 0.05) is 0 Å². The average molecular weight is 427 g/mol. The summed E-state index contributed by atoms with van der Waals surface area (Å²) in [4.78, 5) is 0. The van der Waals surface area contributed by atoms with Gasteiger partial charge >= 0.3 is 0 Å². The minimum atomic E-state index is -0.118. The van der Waals surface area contributed by atoms with Gasteiger partial charge in [0.25, 0.3) is 0 Å². The molecule has 5 aliphatic rings. The first-order chi connectivity index (χ1) is 14.3. The molecule has 0 aromatic carbocycles. The molecule has 0 unspecified atom stereocenters. The lowest BCUT2D eigenvalue weighted by Crippen LogP contribution is -2.66. The highest BCUT2D eigenvalue weighted by Gasteiger charge is 2.70. The molecule has 0 aromatic rings. The topological polar surface area (TPSA) is 20.2 Å². The Labute approximate surface area is 192 Å². The summed E-state index contributed by atoms with van der Waals surface area (Å²) in [6.45, 7) is 22.3. The van der Waals surface area contributed by atoms with Gasteiger partial charge < -0.3 is 5.11 Å². The molecule has 0 bridgehead atoms. The largest absolute Gasteiger partial charge is 0.393 e. The Bertz CT molecular complexity index is 766. The van der Waals surface area contributed by atoms with Crippen LogP contribution in [0.15, 0.2) is 12.2 Å². The number of rotatable bonds is 1. The predicted octanol–water partition coefficient (Wildman–Crippen LogP) is 8.02. The highest BCUT2D eigenvalue weighted by Crippen LogP contribution is 2.77. The molecular weight excluding hydrogens is 376 g/mol. The number of fused-ring (bicyclic) bond motifs is 7. The van der Waals surface area contributed by atoms with E-state index in [1.54, 1.807) is 0 Å². The van der Waals surface area contributed by atoms with E-state index in [9.17, 15) is 5.11 Å². The molecular formula is C30H50O. The lowest BCUT2D eigenvalue weighted by Gasteiger charge is -2.73. The van der Waals surface area contributed by atoms with Gasteiger partial charge in [0.2, 0.25) is 0 Å². The van der Waals surface area contributed by atoms with Crippen LogP contribution in [-0.4, -0.2) is 11.2 Å². The summed E-state index contributed by atoms with van der Waals surface area (Å²) in [5, 5.41) is 10.9. The quantitative estimate of drug-likeness (QED) is 0.421. The number of allylic oxidation sites excluding steroid dienone is 1. The molecule has 31 heavy (non-hydrogen) atoms. The summed E-state index contributed by atoms with van der Waals surface area (Å²) < 4.78 is 0. The maximum absolute atomic E-state index is 10.9. The molecule has 1 N–H and O–H groups in total. The minimum Gasteiger partial charge on any atom is -0.393 e. The zero-order valence-electron chi connectivity index (χ0n) is 21.7. The first kappa shape index (κ1) is 22.5. The molecule has 0 heterocycles. The standard InChI is InChI=1S/C30H50O/c1-19(2)20-11-14-27(5)17-18-29(7)21(25(20)27)9-10-23-28(6)15-13-24(31)26(3,4)22(28)12-16-30(23,29)8/h20-25,31H,1,9-18H2,2-8H3/t20-,21-,22+,23-,24-,25+,27-,28+,29-,30-/m0/s1. The van der Waals surface area contributed by atoms with Crippen LogP contribution in [-0.2, 0) is 0 Å². The third kappa shape index (κ3) is 2.65. The maximum Gasteiger partial charge on any atom is 0.0594 e. The van der Waals surface area contributed by atoms with Crippen LogP contribution in [0.1, 0.15) is 113 Å². The van der Waals surface area contributed by atoms with Crippen molar-refractivity contribution in [3.05, 3.63) is 12.2 Å². The van der Waals surface area contributed by atoms with E-state index in [2.05, 4.69) is 55.0 Å². The molecule has 5 fully saturated rings. The van der Waals surface area contributed by atoms with Crippen molar-refractivity contribution >= 4 is 0 Å². The van der Waals surface area contributed by atoms with E-state index in [0.717, 1.165) is 30.1 Å². The Balaban J connectivity index is 1.54. The summed E-state index contributed by atoms with van der Waals surface area (Å²) in [5.41, 5.74) is 3.38. The highest BCUT2D eigenvalue weighted by molar-refractivity contribution is 5.21. The second-order valence-corrected chi connectivity index (χ2v) is 14.7. The van der Waals surface area contributed by atoms with E-state index in [-0.39, 0.29) is 11.5 Å². The third-order valence-electron chi connectivity index (χ3n) is 13.5. The van der Waals surface area contributed by atoms with Crippen molar-refractivity contribution in [1.82, 2.24) is 0 Å². The van der Waals surface area contributed by atoms with Crippen molar-refractivity contribution in [3.63, 3.8) is 0 Å². The van der Waals surface area contributed by atoms with Crippen molar-refractivity contribution in [2.24, 2.45) is 56.7 Å². The molecule has 5 aliphatic carbocycles. The smallest absolute Gasteiger partial charge is 0.0594 e. The number of hydrogen-bond acceptors (Lipinski definition) is 1. The van der Waals surface area contributed by atoms with Gasteiger partial charge in [0.15, 0.2) is 0 Å². The van der Waals surface area contributed by atoms with Crippen molar-refractivity contribution < 1.29 is 5.11 Å². The zero-order valence-corrected chi connectivity index (χ0v) is 21.7. The van der Waals surface area contributed by atoms with Gasteiger partial charge in [0.05, 0.1) is 6.10 Å². The van der Waals surface area contributed by atoms with Crippen molar-refractivity contribution in [3.8, 4) is 0 Å². The molecule has 176 valence electrons. The van der Waals surface area contributed by atoms with Gasteiger partial charge in [-0.1, -0.05) is 53.7 Å². The summed E-state index contributed by atoms with van der Waals surface area (Å²) >= 11 is 0. The lowest BCUT2D eigenvalue weighted by atomic mass is 9.32. The zero-order chi connectivity index (χ0) is 22.6. The molecule has 0 amide bonds. The first-order valence-electron chi connectivity index (χ1n) is 13.6. The summed E-state index contributed by atoms with van der Waals surface area (Å²) in [7, 11) is 0. The molecule has 0 aliphatic heterocycles. The fourth-order valence-electron chi connectivity index (χ4n) is 11.5. The van der Waals surface area contributed by atoms with E-state index in [0.29, 0.717) is 27.6 Å². The van der Waals surface area contributed by atoms with E-state index in [4.69, 9.17) is 0 Å². The second-order valence-electron chi connectivity index (χ2n) is 14.7. The summed E-state index contributed by atoms with van der Waals surface area (Å²) in [5.74, 6) is 3.98. The van der Waals surface area contributed by atoms with Crippen LogP contribution in [0.4, 0.5) is 0 Å². The van der Waals surface area contributed by atoms with Crippen LogP contribution in [0.3, 0.4) is 0 Å². The van der Waals surface area contributed by atoms with E-state index < -0.39 is 0 Å². The molecule has 5 rings (SSSR count). The summed E-state index contributed by atoms with van der Waals surface area (Å²) in [6, 6.07) is 0. The van der Waals surface area contributed by atoms with Gasteiger partial charge in [-0.15, -0.1) is 0 Å². The Kier molecular flexibility index (Phi) is 4.82. The van der Waals surface area contributed by atoms with Crippen LogP contribution in [0.5, 0.6) is 0 Å². The van der Waals surface area contributed by atoms with Crippen LogP contribution in [0.25, 0.3) is 0 Å². The molecule has 5 saturated carbocycles. The Morgan fingerprint density at radius 1 is 0.742 bits per heavy atom. The SMILES string of the molecule is C=C(C)[C@@H]1CC[C@@]2(C)CC[C@@]3(C)[C@@H](CC[C@H]4[C@]5(C)CC[C@H](O)C(C)(C)[C@H]5CC[C@@]43C)[C@@H]12. The highest BCUT2D eigenvalue weighted by atomic mass is 16.3. The van der Waals surface area contributed by atoms with E-state index in [1.165, 1.54) is 63.4 Å². The molecule has 0 aromatic heterocycles. The molecule has 0 spiro atoms. The number of aliphatic hydroxyl groups excluding tert-OH is 1. The fraction of sp³-hybridized carbons (Fsp3) is 0.933. The Morgan fingerprint density at radius 3 is 2.13 bits per heavy atom. The molecule has 0 radical (unpaired) electrons. The Morgan fingerprint density at radius 2 is 1.45 bits per heavy atom. The van der Waals surface area contributed by atoms with Gasteiger partial charge in [-0.05, 0) is 128 Å². The van der Waals surface area contributed by atoms with Crippen molar-refractivity contribution in [1.29, 1.82) is 0 Å². The Hall–Kier alpha value is -0.300. The molecule has 1 nitrogen and oxygen atoms in total. The third-order valence-corrected chi connectivity index (χ3v) is 13.5. The van der Waals surface area contributed by atoms with Crippen LogP contribution in [0.2, 0.25) is 0 Å². The number of hydrogen-bond donors (Lipinski definition) is 1. The maximum atomic E-state index is 10.9. The van der Waals surface area contributed by atoms with E-state index in [1.807, 2.05) is 0 Å². The minimum absolute atomic E-state index is 0.0632. The van der Waals surface area contributed by atoms with Gasteiger partial charge in [-0.25, -0.2) is 0 Å². The van der Waals surface area contributed by atoms with Crippen LogP contribution < -0.4 is 0 Å². The second kappa shape index (κ2) is 6.64. The van der Waals surface area contributed by atoms with Gasteiger partial charge in [0.1, 0.15) is 0 Å². The molecule has 1 heteroatoms.